The van der Waals surface area contributed by atoms with Crippen LogP contribution in [0.3, 0.4) is 0 Å². The van der Waals surface area contributed by atoms with E-state index in [2.05, 4.69) is 38.2 Å². The first-order valence-electron chi connectivity index (χ1n) is 22.7. The molecule has 336 valence electrons. The molecule has 0 aromatic rings. The van der Waals surface area contributed by atoms with Crippen LogP contribution in [0.25, 0.3) is 0 Å². The Hall–Kier alpha value is -1.18. The third-order valence-corrected chi connectivity index (χ3v) is 11.6. The SMILES string of the molecule is CCCCCC/C=C\C/C=C\CCCCCCCCCCOCC(COP(=O)(O)OC1C(O)C(O)C(O)C(O)C1O)OC(=O)CCCCCCCCCCCCC. The maximum Gasteiger partial charge on any atom is 0.472 e. The highest BCUT2D eigenvalue weighted by Crippen LogP contribution is 2.47. The van der Waals surface area contributed by atoms with Crippen molar-refractivity contribution in [3.8, 4) is 0 Å². The molecule has 6 atom stereocenters. The van der Waals surface area contributed by atoms with Crippen molar-refractivity contribution in [3.63, 3.8) is 0 Å². The van der Waals surface area contributed by atoms with Crippen LogP contribution in [0.15, 0.2) is 24.3 Å². The van der Waals surface area contributed by atoms with Gasteiger partial charge in [0.25, 0.3) is 0 Å². The molecule has 6 N–H and O–H groups in total. The van der Waals surface area contributed by atoms with Crippen LogP contribution in [-0.2, 0) is 27.9 Å². The molecule has 1 aliphatic carbocycles. The molecule has 0 aliphatic heterocycles. The monoisotopic (exact) mass is 835 g/mol. The zero-order valence-corrected chi connectivity index (χ0v) is 36.5. The number of aliphatic hydroxyl groups is 5. The van der Waals surface area contributed by atoms with Gasteiger partial charge in [-0.15, -0.1) is 0 Å². The number of allylic oxidation sites excluding steroid dienone is 4. The maximum absolute atomic E-state index is 12.8. The molecule has 0 aromatic heterocycles. The Morgan fingerprint density at radius 3 is 1.49 bits per heavy atom. The molecule has 0 bridgehead atoms. The minimum Gasteiger partial charge on any atom is -0.457 e. The van der Waals surface area contributed by atoms with Crippen molar-refractivity contribution in [2.24, 2.45) is 0 Å². The molecule has 57 heavy (non-hydrogen) atoms. The smallest absolute Gasteiger partial charge is 0.457 e. The predicted molar refractivity (Wildman–Crippen MR) is 226 cm³/mol. The fourth-order valence-corrected chi connectivity index (χ4v) is 7.89. The number of hydrogen-bond acceptors (Lipinski definition) is 11. The first-order valence-corrected chi connectivity index (χ1v) is 24.2. The molecule has 0 heterocycles. The molecular weight excluding hydrogens is 751 g/mol. The number of ether oxygens (including phenoxy) is 2. The minimum absolute atomic E-state index is 0.0773. The van der Waals surface area contributed by atoms with Crippen LogP contribution in [0, 0.1) is 0 Å². The van der Waals surface area contributed by atoms with Gasteiger partial charge >= 0.3 is 13.8 Å². The van der Waals surface area contributed by atoms with Gasteiger partial charge in [0.05, 0.1) is 13.2 Å². The van der Waals surface area contributed by atoms with Gasteiger partial charge in [0.1, 0.15) is 42.7 Å². The Morgan fingerprint density at radius 1 is 0.561 bits per heavy atom. The maximum atomic E-state index is 12.8. The van der Waals surface area contributed by atoms with Crippen molar-refractivity contribution in [1.82, 2.24) is 0 Å². The number of aliphatic hydroxyl groups excluding tert-OH is 5. The van der Waals surface area contributed by atoms with Gasteiger partial charge in [0.15, 0.2) is 0 Å². The van der Waals surface area contributed by atoms with Gasteiger partial charge in [0, 0.05) is 13.0 Å². The van der Waals surface area contributed by atoms with E-state index in [9.17, 15) is 39.8 Å². The lowest BCUT2D eigenvalue weighted by Gasteiger charge is -2.41. The zero-order valence-electron chi connectivity index (χ0n) is 35.6. The lowest BCUT2D eigenvalue weighted by atomic mass is 9.85. The quantitative estimate of drug-likeness (QED) is 0.0150. The molecule has 0 saturated heterocycles. The molecule has 0 spiro atoms. The standard InChI is InChI=1S/C44H83O12P/c1-3-5-7-9-11-13-15-16-17-18-19-20-21-22-24-26-28-30-32-34-53-35-37(55-38(45)33-31-29-27-25-23-14-12-10-8-6-4-2)36-54-57(51,52)56-44-42(49)40(47)39(46)41(48)43(44)50/h13,15,17-18,37,39-44,46-50H,3-12,14,16,19-36H2,1-2H3,(H,51,52)/b15-13-,18-17-. The fourth-order valence-electron chi connectivity index (χ4n) is 6.91. The molecule has 13 heteroatoms. The van der Waals surface area contributed by atoms with Gasteiger partial charge in [-0.1, -0.05) is 160 Å². The molecule has 0 radical (unpaired) electrons. The van der Waals surface area contributed by atoms with Crippen LogP contribution < -0.4 is 0 Å². The molecule has 0 amide bonds. The fraction of sp³-hybridized carbons (Fsp3) is 0.886. The predicted octanol–water partition coefficient (Wildman–Crippen LogP) is 8.92. The normalized spacial score (nSPS) is 23.0. The van der Waals surface area contributed by atoms with Crippen LogP contribution in [0.4, 0.5) is 0 Å². The second-order valence-electron chi connectivity index (χ2n) is 15.9. The highest BCUT2D eigenvalue weighted by atomic mass is 31.2. The summed E-state index contributed by atoms with van der Waals surface area (Å²) in [5.74, 6) is -0.480. The highest BCUT2D eigenvalue weighted by molar-refractivity contribution is 7.47. The van der Waals surface area contributed by atoms with Gasteiger partial charge in [-0.2, -0.15) is 0 Å². The second kappa shape index (κ2) is 35.6. The number of carbonyl (C=O) groups is 1. The van der Waals surface area contributed by atoms with E-state index < -0.39 is 63.1 Å². The molecule has 12 nitrogen and oxygen atoms in total. The summed E-state index contributed by atoms with van der Waals surface area (Å²) in [6, 6.07) is 0. The highest BCUT2D eigenvalue weighted by Gasteiger charge is 2.51. The van der Waals surface area contributed by atoms with E-state index in [1.807, 2.05) is 0 Å². The van der Waals surface area contributed by atoms with Gasteiger partial charge < -0.3 is 39.9 Å². The van der Waals surface area contributed by atoms with Crippen molar-refractivity contribution in [1.29, 1.82) is 0 Å². The van der Waals surface area contributed by atoms with E-state index in [4.69, 9.17) is 18.5 Å². The number of rotatable bonds is 38. The van der Waals surface area contributed by atoms with Crippen LogP contribution in [-0.4, -0.2) is 98.9 Å². The van der Waals surface area contributed by atoms with Crippen molar-refractivity contribution in [3.05, 3.63) is 24.3 Å². The Morgan fingerprint density at radius 2 is 0.982 bits per heavy atom. The zero-order chi connectivity index (χ0) is 42.0. The molecule has 1 rings (SSSR count). The summed E-state index contributed by atoms with van der Waals surface area (Å²) in [5, 5.41) is 50.1. The van der Waals surface area contributed by atoms with Gasteiger partial charge in [-0.25, -0.2) is 4.57 Å². The van der Waals surface area contributed by atoms with E-state index in [1.165, 1.54) is 103 Å². The molecular formula is C44H83O12P. The topological polar surface area (TPSA) is 192 Å². The van der Waals surface area contributed by atoms with Crippen molar-refractivity contribution in [2.75, 3.05) is 19.8 Å². The summed E-state index contributed by atoms with van der Waals surface area (Å²) in [6.45, 7) is 4.22. The largest absolute Gasteiger partial charge is 0.472 e. The van der Waals surface area contributed by atoms with Crippen LogP contribution >= 0.6 is 7.82 Å². The van der Waals surface area contributed by atoms with Crippen LogP contribution in [0.2, 0.25) is 0 Å². The average molecular weight is 835 g/mol. The molecule has 1 aliphatic rings. The third-order valence-electron chi connectivity index (χ3n) is 10.6. The Kier molecular flexibility index (Phi) is 33.6. The molecule has 1 fully saturated rings. The number of phosphoric acid groups is 1. The first kappa shape index (κ1) is 53.8. The summed E-state index contributed by atoms with van der Waals surface area (Å²) in [5.41, 5.74) is 0. The number of esters is 1. The van der Waals surface area contributed by atoms with Crippen LogP contribution in [0.5, 0.6) is 0 Å². The first-order chi connectivity index (χ1) is 27.5. The third kappa shape index (κ3) is 28.1. The lowest BCUT2D eigenvalue weighted by molar-refractivity contribution is -0.220. The van der Waals surface area contributed by atoms with Gasteiger partial charge in [-0.05, 0) is 44.9 Å². The average Bonchev–Trinajstić information content (AvgIpc) is 3.19. The van der Waals surface area contributed by atoms with Crippen LogP contribution in [0.1, 0.15) is 187 Å². The summed E-state index contributed by atoms with van der Waals surface area (Å²) in [7, 11) is -5.01. The minimum atomic E-state index is -5.01. The van der Waals surface area contributed by atoms with Crippen molar-refractivity contribution in [2.45, 2.75) is 230 Å². The van der Waals surface area contributed by atoms with E-state index >= 15 is 0 Å². The number of hydrogen-bond donors (Lipinski definition) is 6. The Balaban J connectivity index is 2.37. The van der Waals surface area contributed by atoms with Crippen molar-refractivity contribution < 1.29 is 58.3 Å². The van der Waals surface area contributed by atoms with E-state index in [0.717, 1.165) is 57.8 Å². The Labute approximate surface area is 345 Å². The second-order valence-corrected chi connectivity index (χ2v) is 17.3. The number of unbranched alkanes of at least 4 members (excludes halogenated alkanes) is 22. The molecule has 6 unspecified atom stereocenters. The summed E-state index contributed by atoms with van der Waals surface area (Å²) < 4.78 is 34.1. The van der Waals surface area contributed by atoms with Crippen molar-refractivity contribution >= 4 is 13.8 Å². The van der Waals surface area contributed by atoms with E-state index in [0.29, 0.717) is 13.0 Å². The summed E-state index contributed by atoms with van der Waals surface area (Å²) >= 11 is 0. The summed E-state index contributed by atoms with van der Waals surface area (Å²) in [6.07, 6.45) is 26.8. The van der Waals surface area contributed by atoms with Gasteiger partial charge in [-0.3, -0.25) is 13.8 Å². The molecule has 0 aromatic carbocycles. The molecule has 1 saturated carbocycles. The van der Waals surface area contributed by atoms with E-state index in [1.54, 1.807) is 0 Å². The van der Waals surface area contributed by atoms with Gasteiger partial charge in [0.2, 0.25) is 0 Å². The number of phosphoric ester groups is 1. The Bertz CT molecular complexity index is 1040. The summed E-state index contributed by atoms with van der Waals surface area (Å²) in [4.78, 5) is 23.1. The lowest BCUT2D eigenvalue weighted by Crippen LogP contribution is -2.64. The van der Waals surface area contributed by atoms with E-state index in [-0.39, 0.29) is 13.0 Å². The number of carbonyl (C=O) groups excluding carboxylic acids is 1.